The van der Waals surface area contributed by atoms with Crippen molar-refractivity contribution in [3.8, 4) is 5.75 Å². The number of hydrogen-bond acceptors (Lipinski definition) is 3. The Morgan fingerprint density at radius 2 is 1.81 bits per heavy atom. The standard InChI is InChI=1S/C12H17NO2.ClH/c1-7-4-10(15)5-8(2)11(7)6-12(13)9(3)14;/h4-5,12,15H,6,13H2,1-3H3;1H/t12-;/m0./s1. The van der Waals surface area contributed by atoms with Gasteiger partial charge in [0.2, 0.25) is 0 Å². The minimum atomic E-state index is -0.452. The lowest BCUT2D eigenvalue weighted by Gasteiger charge is -2.13. The van der Waals surface area contributed by atoms with Crippen LogP contribution >= 0.6 is 12.4 Å². The molecule has 3 nitrogen and oxygen atoms in total. The highest BCUT2D eigenvalue weighted by molar-refractivity contribution is 5.85. The second kappa shape index (κ2) is 5.87. The molecule has 0 aliphatic heterocycles. The summed E-state index contributed by atoms with van der Waals surface area (Å²) in [4.78, 5) is 11.1. The van der Waals surface area contributed by atoms with Gasteiger partial charge in [-0.3, -0.25) is 4.79 Å². The molecule has 0 aromatic heterocycles. The smallest absolute Gasteiger partial charge is 0.146 e. The first kappa shape index (κ1) is 14.9. The summed E-state index contributed by atoms with van der Waals surface area (Å²) in [5, 5.41) is 9.36. The van der Waals surface area contributed by atoms with Gasteiger partial charge in [-0.05, 0) is 56.0 Å². The number of ketones is 1. The predicted molar refractivity (Wildman–Crippen MR) is 67.2 cm³/mol. The number of phenolic OH excluding ortho intramolecular Hbond substituents is 1. The van der Waals surface area contributed by atoms with Crippen LogP contribution in [0.15, 0.2) is 12.1 Å². The van der Waals surface area contributed by atoms with E-state index in [1.54, 1.807) is 12.1 Å². The van der Waals surface area contributed by atoms with Gasteiger partial charge in [0, 0.05) is 0 Å². The van der Waals surface area contributed by atoms with Crippen molar-refractivity contribution in [2.75, 3.05) is 0 Å². The molecule has 1 atom stereocenters. The molecule has 0 unspecified atom stereocenters. The number of aryl methyl sites for hydroxylation is 2. The fraction of sp³-hybridized carbons (Fsp3) is 0.417. The molecular formula is C12H18ClNO2. The van der Waals surface area contributed by atoms with Crippen molar-refractivity contribution in [1.82, 2.24) is 0 Å². The average molecular weight is 244 g/mol. The normalized spacial score (nSPS) is 11.8. The SMILES string of the molecule is CC(=O)[C@@H](N)Cc1c(C)cc(O)cc1C.Cl. The Kier molecular flexibility index (Phi) is 5.48. The van der Waals surface area contributed by atoms with Crippen LogP contribution in [0.4, 0.5) is 0 Å². The number of rotatable bonds is 3. The summed E-state index contributed by atoms with van der Waals surface area (Å²) in [6.45, 7) is 5.32. The van der Waals surface area contributed by atoms with Crippen LogP contribution in [0.5, 0.6) is 5.75 Å². The van der Waals surface area contributed by atoms with E-state index in [1.165, 1.54) is 6.92 Å². The van der Waals surface area contributed by atoms with Gasteiger partial charge in [-0.1, -0.05) is 0 Å². The van der Waals surface area contributed by atoms with Crippen molar-refractivity contribution in [2.24, 2.45) is 5.73 Å². The number of halogens is 1. The summed E-state index contributed by atoms with van der Waals surface area (Å²) in [7, 11) is 0. The predicted octanol–water partition coefficient (Wildman–Crippen LogP) is 1.89. The number of hydrogen-bond donors (Lipinski definition) is 2. The molecule has 1 rings (SSSR count). The van der Waals surface area contributed by atoms with Gasteiger partial charge in [-0.25, -0.2) is 0 Å². The maximum absolute atomic E-state index is 11.1. The molecule has 0 heterocycles. The van der Waals surface area contributed by atoms with Crippen LogP contribution in [-0.2, 0) is 11.2 Å². The molecule has 0 aliphatic rings. The third-order valence-electron chi connectivity index (χ3n) is 2.63. The van der Waals surface area contributed by atoms with Crippen LogP contribution in [-0.4, -0.2) is 16.9 Å². The van der Waals surface area contributed by atoms with Gasteiger partial charge in [0.05, 0.1) is 6.04 Å². The molecule has 4 heteroatoms. The fourth-order valence-electron chi connectivity index (χ4n) is 1.66. The lowest BCUT2D eigenvalue weighted by Crippen LogP contribution is -2.31. The van der Waals surface area contributed by atoms with E-state index in [2.05, 4.69) is 0 Å². The fourth-order valence-corrected chi connectivity index (χ4v) is 1.66. The average Bonchev–Trinajstić information content (AvgIpc) is 2.10. The Morgan fingerprint density at radius 3 is 2.19 bits per heavy atom. The van der Waals surface area contributed by atoms with Gasteiger partial charge in [0.1, 0.15) is 11.5 Å². The maximum Gasteiger partial charge on any atom is 0.146 e. The van der Waals surface area contributed by atoms with Crippen molar-refractivity contribution in [3.05, 3.63) is 28.8 Å². The molecule has 0 saturated heterocycles. The summed E-state index contributed by atoms with van der Waals surface area (Å²) < 4.78 is 0. The van der Waals surface area contributed by atoms with E-state index in [0.29, 0.717) is 6.42 Å². The van der Waals surface area contributed by atoms with Crippen molar-refractivity contribution in [1.29, 1.82) is 0 Å². The summed E-state index contributed by atoms with van der Waals surface area (Å²) in [6, 6.07) is 2.93. The van der Waals surface area contributed by atoms with E-state index in [0.717, 1.165) is 16.7 Å². The zero-order chi connectivity index (χ0) is 11.6. The first-order chi connectivity index (χ1) is 6.91. The molecule has 1 aromatic rings. The molecule has 0 amide bonds. The Balaban J connectivity index is 0.00000225. The summed E-state index contributed by atoms with van der Waals surface area (Å²) in [5.74, 6) is 0.243. The molecule has 0 aliphatic carbocycles. The molecule has 1 aromatic carbocycles. The van der Waals surface area contributed by atoms with E-state index in [4.69, 9.17) is 5.73 Å². The van der Waals surface area contributed by atoms with Crippen molar-refractivity contribution in [3.63, 3.8) is 0 Å². The number of nitrogens with two attached hydrogens (primary N) is 1. The van der Waals surface area contributed by atoms with E-state index in [1.807, 2.05) is 13.8 Å². The summed E-state index contributed by atoms with van der Waals surface area (Å²) in [5.41, 5.74) is 8.72. The number of Topliss-reactive ketones (excluding diaryl/α,β-unsaturated/α-hetero) is 1. The number of aromatic hydroxyl groups is 1. The number of carbonyl (C=O) groups is 1. The van der Waals surface area contributed by atoms with Crippen LogP contribution < -0.4 is 5.73 Å². The molecule has 90 valence electrons. The monoisotopic (exact) mass is 243 g/mol. The molecule has 0 spiro atoms. The van der Waals surface area contributed by atoms with E-state index >= 15 is 0 Å². The molecule has 0 bridgehead atoms. The largest absolute Gasteiger partial charge is 0.508 e. The van der Waals surface area contributed by atoms with Gasteiger partial charge < -0.3 is 10.8 Å². The van der Waals surface area contributed by atoms with Crippen molar-refractivity contribution in [2.45, 2.75) is 33.2 Å². The highest BCUT2D eigenvalue weighted by Gasteiger charge is 2.13. The van der Waals surface area contributed by atoms with E-state index in [9.17, 15) is 9.90 Å². The van der Waals surface area contributed by atoms with E-state index < -0.39 is 6.04 Å². The minimum absolute atomic E-state index is 0. The van der Waals surface area contributed by atoms with Crippen LogP contribution in [0.25, 0.3) is 0 Å². The number of benzene rings is 1. The zero-order valence-electron chi connectivity index (χ0n) is 9.78. The number of phenols is 1. The van der Waals surface area contributed by atoms with Gasteiger partial charge in [-0.2, -0.15) is 0 Å². The maximum atomic E-state index is 11.1. The van der Waals surface area contributed by atoms with Crippen LogP contribution in [0.2, 0.25) is 0 Å². The lowest BCUT2D eigenvalue weighted by molar-refractivity contribution is -0.118. The van der Waals surface area contributed by atoms with Gasteiger partial charge >= 0.3 is 0 Å². The topological polar surface area (TPSA) is 63.3 Å². The molecule has 0 fully saturated rings. The third kappa shape index (κ3) is 3.51. The summed E-state index contributed by atoms with van der Waals surface area (Å²) in [6.07, 6.45) is 0.535. The molecule has 3 N–H and O–H groups in total. The third-order valence-corrected chi connectivity index (χ3v) is 2.63. The van der Waals surface area contributed by atoms with E-state index in [-0.39, 0.29) is 23.9 Å². The Bertz CT molecular complexity index is 368. The van der Waals surface area contributed by atoms with Crippen LogP contribution in [0, 0.1) is 13.8 Å². The Morgan fingerprint density at radius 1 is 1.38 bits per heavy atom. The Labute approximate surface area is 102 Å². The van der Waals surface area contributed by atoms with Gasteiger partial charge in [-0.15, -0.1) is 12.4 Å². The zero-order valence-corrected chi connectivity index (χ0v) is 10.6. The molecule has 16 heavy (non-hydrogen) atoms. The summed E-state index contributed by atoms with van der Waals surface area (Å²) >= 11 is 0. The van der Waals surface area contributed by atoms with Gasteiger partial charge in [0.25, 0.3) is 0 Å². The lowest BCUT2D eigenvalue weighted by atomic mass is 9.95. The highest BCUT2D eigenvalue weighted by atomic mass is 35.5. The minimum Gasteiger partial charge on any atom is -0.508 e. The van der Waals surface area contributed by atoms with Crippen molar-refractivity contribution < 1.29 is 9.90 Å². The van der Waals surface area contributed by atoms with Crippen molar-refractivity contribution >= 4 is 18.2 Å². The molecule has 0 radical (unpaired) electrons. The van der Waals surface area contributed by atoms with Crippen LogP contribution in [0.1, 0.15) is 23.6 Å². The molecule has 0 saturated carbocycles. The second-order valence-corrected chi connectivity index (χ2v) is 3.98. The Hall–Kier alpha value is -1.06. The number of carbonyl (C=O) groups excluding carboxylic acids is 1. The highest BCUT2D eigenvalue weighted by Crippen LogP contribution is 2.21. The van der Waals surface area contributed by atoms with Crippen LogP contribution in [0.3, 0.4) is 0 Å². The first-order valence-corrected chi connectivity index (χ1v) is 4.97. The quantitative estimate of drug-likeness (QED) is 0.852. The van der Waals surface area contributed by atoms with Gasteiger partial charge in [0.15, 0.2) is 0 Å². The molecular weight excluding hydrogens is 226 g/mol. The first-order valence-electron chi connectivity index (χ1n) is 4.97. The second-order valence-electron chi connectivity index (χ2n) is 3.98.